The summed E-state index contributed by atoms with van der Waals surface area (Å²) in [6.45, 7) is 9.51. The molecule has 0 aromatic rings. The first kappa shape index (κ1) is 31.1. The van der Waals surface area contributed by atoms with Gasteiger partial charge in [0, 0.05) is 31.8 Å². The number of carbonyl (C=O) groups is 6. The number of urea groups is 1. The minimum Gasteiger partial charge on any atom is -0.352 e. The van der Waals surface area contributed by atoms with Crippen molar-refractivity contribution in [3.05, 3.63) is 0 Å². The summed E-state index contributed by atoms with van der Waals surface area (Å²) in [5.74, 6) is -1.47. The SMILES string of the molecule is CC(=O)[C@H](CCCNC(N)=O)NC(=O)[C@@H](NC(=O)CCCCCN1C(=O)CC(C(C)C)C1=O)C(C)C. The maximum atomic E-state index is 12.8. The molecule has 1 aliphatic rings. The smallest absolute Gasteiger partial charge is 0.312 e. The number of Topliss-reactive ketones (excluding diaryl/α,β-unsaturated/α-hetero) is 1. The molecule has 1 fully saturated rings. The van der Waals surface area contributed by atoms with Gasteiger partial charge in [-0.05, 0) is 44.4 Å². The van der Waals surface area contributed by atoms with Crippen molar-refractivity contribution in [3.8, 4) is 0 Å². The predicted octanol–water partition coefficient (Wildman–Crippen LogP) is 1.24. The molecule has 0 bridgehead atoms. The Morgan fingerprint density at radius 1 is 1.00 bits per heavy atom. The summed E-state index contributed by atoms with van der Waals surface area (Å²) < 4.78 is 0. The third kappa shape index (κ3) is 10.3. The molecule has 1 heterocycles. The van der Waals surface area contributed by atoms with Crippen molar-refractivity contribution in [3.63, 3.8) is 0 Å². The summed E-state index contributed by atoms with van der Waals surface area (Å²) in [6, 6.07) is -2.17. The fraction of sp³-hybridized carbons (Fsp3) is 0.760. The highest BCUT2D eigenvalue weighted by Gasteiger charge is 2.39. The van der Waals surface area contributed by atoms with Crippen LogP contribution in [-0.4, -0.2) is 65.5 Å². The van der Waals surface area contributed by atoms with E-state index in [2.05, 4.69) is 16.0 Å². The van der Waals surface area contributed by atoms with Gasteiger partial charge in [0.1, 0.15) is 6.04 Å². The highest BCUT2D eigenvalue weighted by atomic mass is 16.2. The van der Waals surface area contributed by atoms with Crippen molar-refractivity contribution < 1.29 is 28.8 Å². The first-order chi connectivity index (χ1) is 16.8. The van der Waals surface area contributed by atoms with Crippen molar-refractivity contribution in [1.29, 1.82) is 0 Å². The Balaban J connectivity index is 2.45. The molecule has 5 N–H and O–H groups in total. The van der Waals surface area contributed by atoms with Crippen molar-refractivity contribution in [2.45, 2.75) is 91.6 Å². The lowest BCUT2D eigenvalue weighted by atomic mass is 9.94. The molecule has 1 rings (SSSR count). The monoisotopic (exact) mass is 509 g/mol. The zero-order valence-electron chi connectivity index (χ0n) is 22.2. The third-order valence-corrected chi connectivity index (χ3v) is 6.41. The fourth-order valence-electron chi connectivity index (χ4n) is 4.13. The lowest BCUT2D eigenvalue weighted by Crippen LogP contribution is -2.53. The lowest BCUT2D eigenvalue weighted by Gasteiger charge is -2.24. The van der Waals surface area contributed by atoms with Gasteiger partial charge in [0.15, 0.2) is 5.78 Å². The van der Waals surface area contributed by atoms with E-state index < -0.39 is 24.0 Å². The molecule has 36 heavy (non-hydrogen) atoms. The Kier molecular flexibility index (Phi) is 13.1. The molecule has 204 valence electrons. The number of hydrogen-bond donors (Lipinski definition) is 4. The average Bonchev–Trinajstić information content (AvgIpc) is 3.07. The summed E-state index contributed by atoms with van der Waals surface area (Å²) in [6.07, 6.45) is 3.12. The Morgan fingerprint density at radius 3 is 2.19 bits per heavy atom. The Labute approximate surface area is 213 Å². The molecule has 1 aliphatic heterocycles. The summed E-state index contributed by atoms with van der Waals surface area (Å²) in [7, 11) is 0. The van der Waals surface area contributed by atoms with E-state index in [1.807, 2.05) is 13.8 Å². The van der Waals surface area contributed by atoms with Gasteiger partial charge in [0.2, 0.25) is 23.6 Å². The second kappa shape index (κ2) is 15.2. The van der Waals surface area contributed by atoms with E-state index in [0.29, 0.717) is 38.6 Å². The van der Waals surface area contributed by atoms with Crippen LogP contribution in [0.15, 0.2) is 0 Å². The van der Waals surface area contributed by atoms with E-state index in [1.165, 1.54) is 11.8 Å². The predicted molar refractivity (Wildman–Crippen MR) is 134 cm³/mol. The quantitative estimate of drug-likeness (QED) is 0.180. The van der Waals surface area contributed by atoms with Crippen LogP contribution in [0.3, 0.4) is 0 Å². The largest absolute Gasteiger partial charge is 0.352 e. The molecule has 11 nitrogen and oxygen atoms in total. The van der Waals surface area contributed by atoms with Crippen LogP contribution < -0.4 is 21.7 Å². The normalized spacial score (nSPS) is 17.3. The van der Waals surface area contributed by atoms with Gasteiger partial charge in [0.05, 0.1) is 6.04 Å². The zero-order valence-corrected chi connectivity index (χ0v) is 22.2. The highest BCUT2D eigenvalue weighted by molar-refractivity contribution is 6.03. The molecule has 1 saturated heterocycles. The van der Waals surface area contributed by atoms with Crippen LogP contribution >= 0.6 is 0 Å². The minimum atomic E-state index is -0.795. The molecular formula is C25H43N5O6. The number of hydrogen-bond acceptors (Lipinski definition) is 6. The lowest BCUT2D eigenvalue weighted by molar-refractivity contribution is -0.140. The van der Waals surface area contributed by atoms with Crippen LogP contribution in [0.2, 0.25) is 0 Å². The van der Waals surface area contributed by atoms with Crippen molar-refractivity contribution >= 4 is 35.4 Å². The highest BCUT2D eigenvalue weighted by Crippen LogP contribution is 2.26. The Hall–Kier alpha value is -2.98. The summed E-state index contributed by atoms with van der Waals surface area (Å²) in [5.41, 5.74) is 5.02. The molecule has 0 aliphatic carbocycles. The summed E-state index contributed by atoms with van der Waals surface area (Å²) in [4.78, 5) is 73.8. The molecule has 6 amide bonds. The number of carbonyl (C=O) groups excluding carboxylic acids is 6. The number of nitrogens with one attached hydrogen (secondary N) is 3. The molecule has 11 heteroatoms. The summed E-state index contributed by atoms with van der Waals surface area (Å²) >= 11 is 0. The minimum absolute atomic E-state index is 0.105. The van der Waals surface area contributed by atoms with Gasteiger partial charge in [-0.2, -0.15) is 0 Å². The Bertz CT molecular complexity index is 813. The molecule has 0 aromatic carbocycles. The molecule has 3 atom stereocenters. The number of ketones is 1. The van der Waals surface area contributed by atoms with E-state index in [0.717, 1.165) is 0 Å². The maximum absolute atomic E-state index is 12.8. The van der Waals surface area contributed by atoms with E-state index in [1.54, 1.807) is 13.8 Å². The number of primary amides is 1. The van der Waals surface area contributed by atoms with Crippen LogP contribution in [0, 0.1) is 17.8 Å². The number of unbranched alkanes of at least 4 members (excludes halogenated alkanes) is 2. The average molecular weight is 510 g/mol. The van der Waals surface area contributed by atoms with E-state index in [4.69, 9.17) is 5.73 Å². The van der Waals surface area contributed by atoms with Crippen LogP contribution in [-0.2, 0) is 24.0 Å². The van der Waals surface area contributed by atoms with Crippen molar-refractivity contribution in [2.75, 3.05) is 13.1 Å². The number of amides is 6. The van der Waals surface area contributed by atoms with Gasteiger partial charge >= 0.3 is 6.03 Å². The molecule has 0 saturated carbocycles. The van der Waals surface area contributed by atoms with E-state index >= 15 is 0 Å². The van der Waals surface area contributed by atoms with Crippen LogP contribution in [0.4, 0.5) is 4.79 Å². The molecule has 0 aromatic heterocycles. The molecule has 1 unspecified atom stereocenters. The van der Waals surface area contributed by atoms with Gasteiger partial charge in [-0.15, -0.1) is 0 Å². The van der Waals surface area contributed by atoms with Crippen LogP contribution in [0.1, 0.15) is 79.6 Å². The van der Waals surface area contributed by atoms with Gasteiger partial charge in [0.25, 0.3) is 0 Å². The number of imide groups is 1. The second-order valence-electron chi connectivity index (χ2n) is 10.1. The number of likely N-dealkylation sites (tertiary alicyclic amines) is 1. The van der Waals surface area contributed by atoms with E-state index in [-0.39, 0.29) is 60.6 Å². The number of rotatable bonds is 16. The van der Waals surface area contributed by atoms with Crippen LogP contribution in [0.5, 0.6) is 0 Å². The van der Waals surface area contributed by atoms with Gasteiger partial charge < -0.3 is 21.7 Å². The first-order valence-electron chi connectivity index (χ1n) is 12.8. The van der Waals surface area contributed by atoms with E-state index in [9.17, 15) is 28.8 Å². The number of nitrogens with two attached hydrogens (primary N) is 1. The van der Waals surface area contributed by atoms with Crippen molar-refractivity contribution in [2.24, 2.45) is 23.5 Å². The molecule has 0 spiro atoms. The standard InChI is InChI=1S/C25H43N5O6/c1-15(2)18-14-21(33)30(24(18)35)13-8-6-7-11-20(32)29-22(16(3)4)23(34)28-19(17(5)31)10-9-12-27-25(26)36/h15-16,18-19,22H,6-14H2,1-5H3,(H,28,34)(H,29,32)(H3,26,27,36)/t18?,19-,22-/m0/s1. The van der Waals surface area contributed by atoms with Gasteiger partial charge in [-0.25, -0.2) is 4.79 Å². The van der Waals surface area contributed by atoms with Crippen molar-refractivity contribution in [1.82, 2.24) is 20.9 Å². The first-order valence-corrected chi connectivity index (χ1v) is 12.8. The fourth-order valence-corrected chi connectivity index (χ4v) is 4.13. The second-order valence-corrected chi connectivity index (χ2v) is 10.1. The Morgan fingerprint density at radius 2 is 1.67 bits per heavy atom. The molecular weight excluding hydrogens is 466 g/mol. The number of nitrogens with zero attached hydrogens (tertiary/aromatic N) is 1. The zero-order chi connectivity index (χ0) is 27.4. The van der Waals surface area contributed by atoms with Gasteiger partial charge in [-0.3, -0.25) is 28.9 Å². The molecule has 0 radical (unpaired) electrons. The third-order valence-electron chi connectivity index (χ3n) is 6.41. The maximum Gasteiger partial charge on any atom is 0.312 e. The topological polar surface area (TPSA) is 168 Å². The van der Waals surface area contributed by atoms with Crippen LogP contribution in [0.25, 0.3) is 0 Å². The van der Waals surface area contributed by atoms with Gasteiger partial charge in [-0.1, -0.05) is 34.1 Å². The summed E-state index contributed by atoms with van der Waals surface area (Å²) in [5, 5.41) is 7.89.